The number of sulfonamides is 1. The van der Waals surface area contributed by atoms with Gasteiger partial charge in [0.25, 0.3) is 0 Å². The third-order valence-corrected chi connectivity index (χ3v) is 4.63. The highest BCUT2D eigenvalue weighted by Crippen LogP contribution is 2.28. The lowest BCUT2D eigenvalue weighted by atomic mass is 10.3. The summed E-state index contributed by atoms with van der Waals surface area (Å²) in [6.07, 6.45) is 3.95. The molecule has 0 aliphatic rings. The fraction of sp³-hybridized carbons (Fsp3) is 0.333. The topological polar surface area (TPSA) is 76.9 Å². The van der Waals surface area contributed by atoms with Crippen LogP contribution >= 0.6 is 23.2 Å². The number of nitrogens with one attached hydrogen (secondary N) is 1. The normalized spacial score (nSPS) is 11.5. The molecule has 0 amide bonds. The van der Waals surface area contributed by atoms with Crippen LogP contribution < -0.4 is 4.72 Å². The average Bonchev–Trinajstić information content (AvgIpc) is 2.92. The van der Waals surface area contributed by atoms with Crippen molar-refractivity contribution < 1.29 is 8.42 Å². The molecule has 2 rings (SSSR count). The minimum absolute atomic E-state index is 0.00301. The van der Waals surface area contributed by atoms with Crippen molar-refractivity contribution in [1.29, 1.82) is 0 Å². The number of rotatable bonds is 7. The Morgan fingerprint density at radius 1 is 1.29 bits per heavy atom. The Morgan fingerprint density at radius 2 is 2.10 bits per heavy atom. The van der Waals surface area contributed by atoms with Gasteiger partial charge in [-0.2, -0.15) is 5.10 Å². The van der Waals surface area contributed by atoms with Crippen molar-refractivity contribution in [3.63, 3.8) is 0 Å². The smallest absolute Gasteiger partial charge is 0.232 e. The van der Waals surface area contributed by atoms with E-state index in [9.17, 15) is 8.42 Å². The van der Waals surface area contributed by atoms with Crippen molar-refractivity contribution in [3.05, 3.63) is 35.9 Å². The number of anilines is 1. The number of alkyl halides is 1. The second-order valence-electron chi connectivity index (χ2n) is 4.29. The molecule has 21 heavy (non-hydrogen) atoms. The summed E-state index contributed by atoms with van der Waals surface area (Å²) in [6.45, 7) is 0. The number of nitrogens with zero attached hydrogens (tertiary/aromatic N) is 3. The Labute approximate surface area is 133 Å². The molecule has 0 radical (unpaired) electrons. The first kappa shape index (κ1) is 16.1. The van der Waals surface area contributed by atoms with E-state index in [0.717, 1.165) is 0 Å². The summed E-state index contributed by atoms with van der Waals surface area (Å²) < 4.78 is 28.1. The number of para-hydroxylation sites is 1. The molecular weight excluding hydrogens is 335 g/mol. The Balaban J connectivity index is 2.27. The predicted octanol–water partition coefficient (Wildman–Crippen LogP) is 2.68. The molecule has 0 atom stereocenters. The maximum atomic E-state index is 12.1. The monoisotopic (exact) mass is 348 g/mol. The summed E-state index contributed by atoms with van der Waals surface area (Å²) in [7, 11) is -3.47. The molecule has 114 valence electrons. The molecule has 0 unspecified atom stereocenters. The minimum atomic E-state index is -3.47. The number of unbranched alkanes of at least 4 members (excludes halogenated alkanes) is 1. The third kappa shape index (κ3) is 4.33. The highest BCUT2D eigenvalue weighted by Gasteiger charge is 2.16. The molecule has 0 aliphatic carbocycles. The van der Waals surface area contributed by atoms with Crippen LogP contribution in [0.15, 0.2) is 30.9 Å². The van der Waals surface area contributed by atoms with Gasteiger partial charge < -0.3 is 0 Å². The predicted molar refractivity (Wildman–Crippen MR) is 83.7 cm³/mol. The van der Waals surface area contributed by atoms with Gasteiger partial charge in [-0.3, -0.25) is 4.72 Å². The summed E-state index contributed by atoms with van der Waals surface area (Å²) in [5.41, 5.74) is 0.802. The van der Waals surface area contributed by atoms with E-state index in [4.69, 9.17) is 23.2 Å². The highest BCUT2D eigenvalue weighted by molar-refractivity contribution is 7.92. The molecule has 0 bridgehead atoms. The van der Waals surface area contributed by atoms with E-state index in [2.05, 4.69) is 14.8 Å². The molecule has 1 aromatic carbocycles. The van der Waals surface area contributed by atoms with E-state index >= 15 is 0 Å². The SMILES string of the molecule is O=S(=O)(CCCCCl)Nc1cccc(Cl)c1-n1cncn1. The minimum Gasteiger partial charge on any atom is -0.281 e. The molecular formula is C12H14Cl2N4O2S. The average molecular weight is 349 g/mol. The van der Waals surface area contributed by atoms with Crippen LogP contribution in [0.4, 0.5) is 5.69 Å². The van der Waals surface area contributed by atoms with Gasteiger partial charge >= 0.3 is 0 Å². The van der Waals surface area contributed by atoms with Gasteiger partial charge in [0, 0.05) is 5.88 Å². The summed E-state index contributed by atoms with van der Waals surface area (Å²) in [5.74, 6) is 0.444. The van der Waals surface area contributed by atoms with Crippen LogP contribution in [-0.2, 0) is 10.0 Å². The quantitative estimate of drug-likeness (QED) is 0.616. The number of hydrogen-bond acceptors (Lipinski definition) is 4. The van der Waals surface area contributed by atoms with Crippen LogP contribution in [0.1, 0.15) is 12.8 Å². The standard InChI is InChI=1S/C12H14Cl2N4O2S/c13-6-1-2-7-21(19,20)17-11-5-3-4-10(14)12(11)18-9-15-8-16-18/h3-5,8-9,17H,1-2,6-7H2. The van der Waals surface area contributed by atoms with Gasteiger partial charge in [0.05, 0.1) is 16.5 Å². The molecule has 1 N–H and O–H groups in total. The van der Waals surface area contributed by atoms with Crippen molar-refractivity contribution in [3.8, 4) is 5.69 Å². The van der Waals surface area contributed by atoms with Crippen LogP contribution in [-0.4, -0.2) is 34.8 Å². The molecule has 1 heterocycles. The van der Waals surface area contributed by atoms with Crippen molar-refractivity contribution in [1.82, 2.24) is 14.8 Å². The maximum absolute atomic E-state index is 12.1. The summed E-state index contributed by atoms with van der Waals surface area (Å²) in [5, 5.41) is 4.36. The van der Waals surface area contributed by atoms with E-state index in [1.54, 1.807) is 18.2 Å². The van der Waals surface area contributed by atoms with Crippen LogP contribution in [0.3, 0.4) is 0 Å². The first-order valence-corrected chi connectivity index (χ1v) is 8.80. The van der Waals surface area contributed by atoms with Crippen LogP contribution in [0.5, 0.6) is 0 Å². The van der Waals surface area contributed by atoms with Gasteiger partial charge in [-0.05, 0) is 25.0 Å². The van der Waals surface area contributed by atoms with Gasteiger partial charge in [-0.25, -0.2) is 18.1 Å². The van der Waals surface area contributed by atoms with Gasteiger partial charge in [-0.15, -0.1) is 11.6 Å². The lowest BCUT2D eigenvalue weighted by molar-refractivity contribution is 0.598. The van der Waals surface area contributed by atoms with E-state index < -0.39 is 10.0 Å². The van der Waals surface area contributed by atoms with Crippen LogP contribution in [0, 0.1) is 0 Å². The molecule has 6 nitrogen and oxygen atoms in total. The van der Waals surface area contributed by atoms with Crippen molar-refractivity contribution in [2.45, 2.75) is 12.8 Å². The summed E-state index contributed by atoms with van der Waals surface area (Å²) >= 11 is 11.7. The second kappa shape index (κ2) is 7.11. The fourth-order valence-corrected chi connectivity index (χ4v) is 3.40. The van der Waals surface area contributed by atoms with Gasteiger partial charge in [-0.1, -0.05) is 17.7 Å². The summed E-state index contributed by atoms with van der Waals surface area (Å²) in [4.78, 5) is 3.84. The van der Waals surface area contributed by atoms with Crippen LogP contribution in [0.25, 0.3) is 5.69 Å². The maximum Gasteiger partial charge on any atom is 0.232 e. The van der Waals surface area contributed by atoms with Crippen molar-refractivity contribution in [2.75, 3.05) is 16.4 Å². The third-order valence-electron chi connectivity index (χ3n) is 2.70. The Kier molecular flexibility index (Phi) is 5.44. The van der Waals surface area contributed by atoms with Crippen LogP contribution in [0.2, 0.25) is 5.02 Å². The van der Waals surface area contributed by atoms with E-state index in [0.29, 0.717) is 35.1 Å². The van der Waals surface area contributed by atoms with E-state index in [1.165, 1.54) is 17.3 Å². The van der Waals surface area contributed by atoms with E-state index in [1.807, 2.05) is 0 Å². The Morgan fingerprint density at radius 3 is 2.76 bits per heavy atom. The molecule has 0 saturated carbocycles. The fourth-order valence-electron chi connectivity index (χ4n) is 1.76. The number of halogens is 2. The first-order chi connectivity index (χ1) is 10.0. The molecule has 0 spiro atoms. The zero-order valence-electron chi connectivity index (χ0n) is 11.0. The van der Waals surface area contributed by atoms with Gasteiger partial charge in [0.15, 0.2) is 0 Å². The van der Waals surface area contributed by atoms with Gasteiger partial charge in [0.2, 0.25) is 10.0 Å². The number of hydrogen-bond donors (Lipinski definition) is 1. The lowest BCUT2D eigenvalue weighted by Crippen LogP contribution is -2.18. The molecule has 9 heteroatoms. The number of benzene rings is 1. The largest absolute Gasteiger partial charge is 0.281 e. The molecule has 1 aromatic heterocycles. The molecule has 0 saturated heterocycles. The lowest BCUT2D eigenvalue weighted by Gasteiger charge is -2.13. The van der Waals surface area contributed by atoms with Crippen molar-refractivity contribution >= 4 is 38.9 Å². The number of aromatic nitrogens is 3. The molecule has 0 fully saturated rings. The summed E-state index contributed by atoms with van der Waals surface area (Å²) in [6, 6.07) is 4.95. The highest BCUT2D eigenvalue weighted by atomic mass is 35.5. The van der Waals surface area contributed by atoms with Gasteiger partial charge in [0.1, 0.15) is 18.3 Å². The zero-order chi connectivity index (χ0) is 15.3. The van der Waals surface area contributed by atoms with E-state index in [-0.39, 0.29) is 5.75 Å². The Bertz CT molecular complexity index is 689. The first-order valence-electron chi connectivity index (χ1n) is 6.23. The molecule has 2 aromatic rings. The Hall–Kier alpha value is -1.31. The second-order valence-corrected chi connectivity index (χ2v) is 6.92. The zero-order valence-corrected chi connectivity index (χ0v) is 13.4. The van der Waals surface area contributed by atoms with Crippen molar-refractivity contribution in [2.24, 2.45) is 0 Å². The molecule has 0 aliphatic heterocycles.